The predicted molar refractivity (Wildman–Crippen MR) is 84.7 cm³/mol. The highest BCUT2D eigenvalue weighted by Gasteiger charge is 2.25. The van der Waals surface area contributed by atoms with Crippen LogP contribution in [0, 0.1) is 6.92 Å². The van der Waals surface area contributed by atoms with Gasteiger partial charge in [-0.15, -0.1) is 10.2 Å². The Kier molecular flexibility index (Phi) is 4.37. The number of amides is 1. The summed E-state index contributed by atoms with van der Waals surface area (Å²) in [6.45, 7) is 1.94. The largest absolute Gasteiger partial charge is 0.325 e. The molecule has 0 radical (unpaired) electrons. The lowest BCUT2D eigenvalue weighted by Crippen LogP contribution is -2.24. The summed E-state index contributed by atoms with van der Waals surface area (Å²) < 4.78 is 0. The third kappa shape index (κ3) is 3.57. The van der Waals surface area contributed by atoms with Crippen LogP contribution in [0.4, 0.5) is 5.69 Å². The molecule has 1 aromatic carbocycles. The molecule has 1 amide bonds. The molecule has 0 spiro atoms. The Morgan fingerprint density at radius 1 is 1.26 bits per heavy atom. The number of H-pyrrole nitrogens is 1. The number of tetrazole rings is 1. The lowest BCUT2D eigenvalue weighted by molar-refractivity contribution is -0.117. The molecule has 0 aliphatic rings. The van der Waals surface area contributed by atoms with Gasteiger partial charge in [-0.2, -0.15) is 5.21 Å². The molecule has 3 rings (SSSR count). The van der Waals surface area contributed by atoms with Crippen molar-refractivity contribution in [1.29, 1.82) is 0 Å². The fourth-order valence-corrected chi connectivity index (χ4v) is 2.31. The Balaban J connectivity index is 1.83. The molecule has 7 heteroatoms. The SMILES string of the molecule is Cc1ccccc1NC(=O)[C@@H](Cc1cccnc1)c1nn[nH]n1. The number of carbonyl (C=O) groups excluding carboxylic acids is 1. The van der Waals surface area contributed by atoms with Crippen LogP contribution in [0.2, 0.25) is 0 Å². The minimum absolute atomic E-state index is 0.176. The van der Waals surface area contributed by atoms with Crippen molar-refractivity contribution in [1.82, 2.24) is 25.6 Å². The van der Waals surface area contributed by atoms with Crippen molar-refractivity contribution < 1.29 is 4.79 Å². The number of benzene rings is 1. The number of aryl methyl sites for hydroxylation is 1. The molecule has 23 heavy (non-hydrogen) atoms. The highest BCUT2D eigenvalue weighted by Crippen LogP contribution is 2.21. The molecule has 2 aromatic heterocycles. The average molecular weight is 308 g/mol. The molecule has 3 aromatic rings. The second-order valence-corrected chi connectivity index (χ2v) is 5.19. The molecule has 0 saturated carbocycles. The average Bonchev–Trinajstić information content (AvgIpc) is 3.10. The summed E-state index contributed by atoms with van der Waals surface area (Å²) in [6, 6.07) is 11.4. The maximum Gasteiger partial charge on any atom is 0.235 e. The van der Waals surface area contributed by atoms with E-state index in [1.165, 1.54) is 0 Å². The number of para-hydroxylation sites is 1. The fourth-order valence-electron chi connectivity index (χ4n) is 2.31. The first-order valence-corrected chi connectivity index (χ1v) is 7.23. The molecular formula is C16H16N6O. The zero-order valence-electron chi connectivity index (χ0n) is 12.6. The van der Waals surface area contributed by atoms with Gasteiger partial charge in [0.2, 0.25) is 5.91 Å². The van der Waals surface area contributed by atoms with E-state index < -0.39 is 5.92 Å². The number of pyridine rings is 1. The minimum Gasteiger partial charge on any atom is -0.325 e. The summed E-state index contributed by atoms with van der Waals surface area (Å²) in [5, 5.41) is 16.8. The first-order valence-electron chi connectivity index (χ1n) is 7.23. The van der Waals surface area contributed by atoms with E-state index >= 15 is 0 Å². The van der Waals surface area contributed by atoms with E-state index in [0.717, 1.165) is 16.8 Å². The Morgan fingerprint density at radius 3 is 2.83 bits per heavy atom. The zero-order valence-corrected chi connectivity index (χ0v) is 12.6. The molecular weight excluding hydrogens is 292 g/mol. The first-order chi connectivity index (χ1) is 11.2. The maximum absolute atomic E-state index is 12.7. The smallest absolute Gasteiger partial charge is 0.235 e. The van der Waals surface area contributed by atoms with Gasteiger partial charge in [-0.05, 0) is 36.6 Å². The standard InChI is InChI=1S/C16H16N6O/c1-11-5-2-3-7-14(11)18-16(23)13(15-19-21-22-20-15)9-12-6-4-8-17-10-12/h2-8,10,13H,9H2,1H3,(H,18,23)(H,19,20,21,22)/t13-/m0/s1. The Hall–Kier alpha value is -3.09. The van der Waals surface area contributed by atoms with Gasteiger partial charge in [-0.1, -0.05) is 29.5 Å². The molecule has 0 bridgehead atoms. The van der Waals surface area contributed by atoms with Crippen LogP contribution in [0.15, 0.2) is 48.8 Å². The second kappa shape index (κ2) is 6.78. The van der Waals surface area contributed by atoms with E-state index in [-0.39, 0.29) is 5.91 Å². The highest BCUT2D eigenvalue weighted by molar-refractivity contribution is 5.96. The van der Waals surface area contributed by atoms with E-state index in [1.807, 2.05) is 43.3 Å². The van der Waals surface area contributed by atoms with Crippen LogP contribution in [0.1, 0.15) is 22.9 Å². The van der Waals surface area contributed by atoms with Crippen LogP contribution in [0.3, 0.4) is 0 Å². The first kappa shape index (κ1) is 14.8. The van der Waals surface area contributed by atoms with Crippen molar-refractivity contribution in [3.8, 4) is 0 Å². The summed E-state index contributed by atoms with van der Waals surface area (Å²) in [5.74, 6) is -0.359. The molecule has 2 heterocycles. The minimum atomic E-state index is -0.544. The normalized spacial score (nSPS) is 11.9. The number of anilines is 1. The molecule has 7 nitrogen and oxygen atoms in total. The molecule has 2 N–H and O–H groups in total. The summed E-state index contributed by atoms with van der Waals surface area (Å²) in [5.41, 5.74) is 2.70. The lowest BCUT2D eigenvalue weighted by Gasteiger charge is -2.14. The van der Waals surface area contributed by atoms with Crippen molar-refractivity contribution in [2.24, 2.45) is 0 Å². The summed E-state index contributed by atoms with van der Waals surface area (Å²) in [7, 11) is 0. The third-order valence-corrected chi connectivity index (χ3v) is 3.56. The van der Waals surface area contributed by atoms with Gasteiger partial charge >= 0.3 is 0 Å². The number of hydrogen-bond donors (Lipinski definition) is 2. The van der Waals surface area contributed by atoms with E-state index in [1.54, 1.807) is 12.4 Å². The van der Waals surface area contributed by atoms with Crippen LogP contribution in [0.5, 0.6) is 0 Å². The monoisotopic (exact) mass is 308 g/mol. The van der Waals surface area contributed by atoms with Crippen molar-refractivity contribution in [3.63, 3.8) is 0 Å². The number of hydrogen-bond acceptors (Lipinski definition) is 5. The van der Waals surface area contributed by atoms with E-state index in [4.69, 9.17) is 0 Å². The van der Waals surface area contributed by atoms with E-state index in [2.05, 4.69) is 30.9 Å². The molecule has 1 atom stereocenters. The van der Waals surface area contributed by atoms with Crippen LogP contribution in [0.25, 0.3) is 0 Å². The Bertz CT molecular complexity index is 772. The molecule has 0 aliphatic heterocycles. The van der Waals surface area contributed by atoms with E-state index in [9.17, 15) is 4.79 Å². The Labute approximate surface area is 133 Å². The lowest BCUT2D eigenvalue weighted by atomic mass is 9.98. The van der Waals surface area contributed by atoms with Crippen molar-refractivity contribution >= 4 is 11.6 Å². The number of nitrogens with zero attached hydrogens (tertiary/aromatic N) is 4. The van der Waals surface area contributed by atoms with Crippen LogP contribution in [-0.2, 0) is 11.2 Å². The van der Waals surface area contributed by atoms with Gasteiger partial charge in [0.1, 0.15) is 5.92 Å². The van der Waals surface area contributed by atoms with E-state index in [0.29, 0.717) is 12.2 Å². The number of nitrogens with one attached hydrogen (secondary N) is 2. The fraction of sp³-hybridized carbons (Fsp3) is 0.188. The van der Waals surface area contributed by atoms with Crippen LogP contribution in [-0.4, -0.2) is 31.5 Å². The molecule has 0 unspecified atom stereocenters. The van der Waals surface area contributed by atoms with Gasteiger partial charge < -0.3 is 5.32 Å². The van der Waals surface area contributed by atoms with Crippen LogP contribution < -0.4 is 5.32 Å². The quantitative estimate of drug-likeness (QED) is 0.750. The highest BCUT2D eigenvalue weighted by atomic mass is 16.1. The van der Waals surface area contributed by atoms with Gasteiger partial charge in [0, 0.05) is 18.1 Å². The number of carbonyl (C=O) groups is 1. The Morgan fingerprint density at radius 2 is 2.13 bits per heavy atom. The topological polar surface area (TPSA) is 96.5 Å². The van der Waals surface area contributed by atoms with Crippen molar-refractivity contribution in [3.05, 3.63) is 65.7 Å². The van der Waals surface area contributed by atoms with Gasteiger partial charge in [0.25, 0.3) is 0 Å². The maximum atomic E-state index is 12.7. The van der Waals surface area contributed by atoms with Gasteiger partial charge in [0.15, 0.2) is 5.82 Å². The predicted octanol–water partition coefficient (Wildman–Crippen LogP) is 1.87. The summed E-state index contributed by atoms with van der Waals surface area (Å²) in [4.78, 5) is 16.8. The molecule has 0 saturated heterocycles. The van der Waals surface area contributed by atoms with Crippen molar-refractivity contribution in [2.75, 3.05) is 5.32 Å². The number of aromatic amines is 1. The summed E-state index contributed by atoms with van der Waals surface area (Å²) >= 11 is 0. The van der Waals surface area contributed by atoms with Crippen LogP contribution >= 0.6 is 0 Å². The molecule has 0 aliphatic carbocycles. The number of aromatic nitrogens is 5. The second-order valence-electron chi connectivity index (χ2n) is 5.19. The molecule has 116 valence electrons. The van der Waals surface area contributed by atoms with Gasteiger partial charge in [-0.3, -0.25) is 9.78 Å². The molecule has 0 fully saturated rings. The summed E-state index contributed by atoms with van der Waals surface area (Å²) in [6.07, 6.45) is 3.87. The third-order valence-electron chi connectivity index (χ3n) is 3.56. The zero-order chi connectivity index (χ0) is 16.1. The van der Waals surface area contributed by atoms with Gasteiger partial charge in [0.05, 0.1) is 0 Å². The number of rotatable bonds is 5. The van der Waals surface area contributed by atoms with Gasteiger partial charge in [-0.25, -0.2) is 0 Å². The van der Waals surface area contributed by atoms with Crippen molar-refractivity contribution in [2.45, 2.75) is 19.3 Å².